The lowest BCUT2D eigenvalue weighted by Gasteiger charge is -2.24. The number of ether oxygens (including phenoxy) is 1. The first-order valence-electron chi connectivity index (χ1n) is 5.71. The summed E-state index contributed by atoms with van der Waals surface area (Å²) in [5, 5.41) is 0. The van der Waals surface area contributed by atoms with Crippen LogP contribution in [-0.2, 0) is 16.0 Å². The Hall–Kier alpha value is -1.39. The van der Waals surface area contributed by atoms with Gasteiger partial charge in [-0.1, -0.05) is 30.3 Å². The number of carbonyl (C=O) groups excluding carboxylic acids is 1. The second-order valence-corrected chi connectivity index (χ2v) is 3.99. The fraction of sp³-hybridized carbons (Fsp3) is 0.462. The maximum atomic E-state index is 11.5. The summed E-state index contributed by atoms with van der Waals surface area (Å²) in [6.07, 6.45) is 0.894. The highest BCUT2D eigenvalue weighted by molar-refractivity contribution is 5.75. The normalized spacial score (nSPS) is 12.5. The predicted octanol–water partition coefficient (Wildman–Crippen LogP) is 0.661. The van der Waals surface area contributed by atoms with E-state index in [-0.39, 0.29) is 18.6 Å². The van der Waals surface area contributed by atoms with Crippen LogP contribution in [0.1, 0.15) is 5.56 Å². The lowest BCUT2D eigenvalue weighted by Crippen LogP contribution is -2.45. The van der Waals surface area contributed by atoms with Gasteiger partial charge in [0.25, 0.3) is 0 Å². The fourth-order valence-electron chi connectivity index (χ4n) is 1.70. The van der Waals surface area contributed by atoms with Crippen LogP contribution in [0.5, 0.6) is 0 Å². The van der Waals surface area contributed by atoms with E-state index in [1.807, 2.05) is 30.1 Å². The van der Waals surface area contributed by atoms with Crippen LogP contribution in [0.2, 0.25) is 0 Å². The molecule has 1 rings (SSSR count). The van der Waals surface area contributed by atoms with E-state index in [1.165, 1.54) is 12.7 Å². The number of benzene rings is 1. The van der Waals surface area contributed by atoms with Crippen LogP contribution >= 0.6 is 0 Å². The first kappa shape index (κ1) is 13.7. The van der Waals surface area contributed by atoms with Crippen molar-refractivity contribution < 1.29 is 9.53 Å². The first-order chi connectivity index (χ1) is 8.19. The van der Waals surface area contributed by atoms with Gasteiger partial charge in [0, 0.05) is 13.1 Å². The van der Waals surface area contributed by atoms with E-state index >= 15 is 0 Å². The van der Waals surface area contributed by atoms with E-state index in [1.54, 1.807) is 0 Å². The summed E-state index contributed by atoms with van der Waals surface area (Å²) in [6.45, 7) is 1.05. The molecular formula is C13H20N2O2. The molecule has 1 atom stereocenters. The van der Waals surface area contributed by atoms with Gasteiger partial charge in [-0.3, -0.25) is 9.69 Å². The Labute approximate surface area is 102 Å². The highest BCUT2D eigenvalue weighted by Gasteiger charge is 2.21. The van der Waals surface area contributed by atoms with Gasteiger partial charge < -0.3 is 10.5 Å². The Balaban J connectivity index is 2.48. The molecule has 0 aromatic heterocycles. The van der Waals surface area contributed by atoms with E-state index in [4.69, 9.17) is 10.5 Å². The number of rotatable bonds is 6. The maximum Gasteiger partial charge on any atom is 0.324 e. The lowest BCUT2D eigenvalue weighted by atomic mass is 10.1. The van der Waals surface area contributed by atoms with Crippen LogP contribution in [0, 0.1) is 0 Å². The van der Waals surface area contributed by atoms with Crippen LogP contribution in [0.25, 0.3) is 0 Å². The molecule has 0 heterocycles. The number of nitrogens with zero attached hydrogens (tertiary/aromatic N) is 1. The molecule has 0 spiro atoms. The van der Waals surface area contributed by atoms with E-state index in [0.717, 1.165) is 13.0 Å². The Morgan fingerprint density at radius 2 is 2.06 bits per heavy atom. The van der Waals surface area contributed by atoms with Gasteiger partial charge in [-0.2, -0.15) is 0 Å². The molecule has 17 heavy (non-hydrogen) atoms. The smallest absolute Gasteiger partial charge is 0.324 e. The maximum absolute atomic E-state index is 11.5. The van der Waals surface area contributed by atoms with Gasteiger partial charge in [-0.05, 0) is 19.0 Å². The van der Waals surface area contributed by atoms with Crippen LogP contribution in [0.3, 0.4) is 0 Å². The molecule has 0 amide bonds. The molecule has 1 aromatic carbocycles. The molecule has 4 heteroatoms. The molecule has 0 radical (unpaired) electrons. The fourth-order valence-corrected chi connectivity index (χ4v) is 1.70. The topological polar surface area (TPSA) is 55.6 Å². The van der Waals surface area contributed by atoms with Crippen molar-refractivity contribution in [1.82, 2.24) is 4.90 Å². The van der Waals surface area contributed by atoms with Crippen molar-refractivity contribution in [2.24, 2.45) is 5.73 Å². The minimum absolute atomic E-state index is 0.275. The van der Waals surface area contributed by atoms with Crippen molar-refractivity contribution in [2.75, 3.05) is 27.2 Å². The van der Waals surface area contributed by atoms with Gasteiger partial charge in [0.15, 0.2) is 0 Å². The van der Waals surface area contributed by atoms with Gasteiger partial charge >= 0.3 is 5.97 Å². The molecule has 1 unspecified atom stereocenters. The van der Waals surface area contributed by atoms with Gasteiger partial charge in [-0.25, -0.2) is 0 Å². The lowest BCUT2D eigenvalue weighted by molar-refractivity contribution is -0.146. The number of hydrogen-bond donors (Lipinski definition) is 1. The summed E-state index contributed by atoms with van der Waals surface area (Å²) >= 11 is 0. The first-order valence-corrected chi connectivity index (χ1v) is 5.71. The Morgan fingerprint density at radius 1 is 1.41 bits per heavy atom. The second-order valence-electron chi connectivity index (χ2n) is 3.99. The molecule has 0 saturated carbocycles. The molecule has 4 nitrogen and oxygen atoms in total. The minimum atomic E-state index is -0.358. The molecule has 94 valence electrons. The summed E-state index contributed by atoms with van der Waals surface area (Å²) in [6, 6.07) is 9.80. The van der Waals surface area contributed by atoms with E-state index in [9.17, 15) is 4.79 Å². The van der Waals surface area contributed by atoms with E-state index < -0.39 is 0 Å². The summed E-state index contributed by atoms with van der Waals surface area (Å²) in [5.41, 5.74) is 6.83. The average Bonchev–Trinajstić information content (AvgIpc) is 2.38. The third kappa shape index (κ3) is 4.17. The molecule has 0 aliphatic heterocycles. The minimum Gasteiger partial charge on any atom is -0.468 e. The van der Waals surface area contributed by atoms with Crippen LogP contribution in [0.4, 0.5) is 0 Å². The zero-order valence-corrected chi connectivity index (χ0v) is 10.4. The Morgan fingerprint density at radius 3 is 2.59 bits per heavy atom. The summed E-state index contributed by atoms with van der Waals surface area (Å²) in [7, 11) is 3.27. The van der Waals surface area contributed by atoms with Crippen molar-refractivity contribution >= 4 is 5.97 Å². The number of likely N-dealkylation sites (N-methyl/N-ethyl adjacent to an activating group) is 1. The zero-order chi connectivity index (χ0) is 12.7. The number of methoxy groups -OCH3 is 1. The molecule has 0 aliphatic rings. The SMILES string of the molecule is COC(=O)C(CN)N(C)CCc1ccccc1. The second kappa shape index (κ2) is 7.04. The van der Waals surface area contributed by atoms with Crippen molar-refractivity contribution in [3.8, 4) is 0 Å². The van der Waals surface area contributed by atoms with Gasteiger partial charge in [0.1, 0.15) is 6.04 Å². The Bertz CT molecular complexity index is 341. The predicted molar refractivity (Wildman–Crippen MR) is 67.6 cm³/mol. The Kier molecular flexibility index (Phi) is 5.66. The highest BCUT2D eigenvalue weighted by atomic mass is 16.5. The third-order valence-corrected chi connectivity index (χ3v) is 2.82. The van der Waals surface area contributed by atoms with Crippen molar-refractivity contribution in [3.05, 3.63) is 35.9 Å². The van der Waals surface area contributed by atoms with E-state index in [0.29, 0.717) is 0 Å². The molecule has 0 aliphatic carbocycles. The highest BCUT2D eigenvalue weighted by Crippen LogP contribution is 2.03. The molecular weight excluding hydrogens is 216 g/mol. The number of nitrogens with two attached hydrogens (primary N) is 1. The number of esters is 1. The standard InChI is InChI=1S/C13H20N2O2/c1-15(12(10-14)13(16)17-2)9-8-11-6-4-3-5-7-11/h3-7,12H,8-10,14H2,1-2H3. The molecule has 2 N–H and O–H groups in total. The van der Waals surface area contributed by atoms with Crippen molar-refractivity contribution in [1.29, 1.82) is 0 Å². The molecule has 0 bridgehead atoms. The zero-order valence-electron chi connectivity index (χ0n) is 10.4. The monoisotopic (exact) mass is 236 g/mol. The average molecular weight is 236 g/mol. The molecule has 1 aromatic rings. The summed E-state index contributed by atoms with van der Waals surface area (Å²) in [5.74, 6) is -0.275. The summed E-state index contributed by atoms with van der Waals surface area (Å²) in [4.78, 5) is 13.4. The summed E-state index contributed by atoms with van der Waals surface area (Å²) < 4.78 is 4.72. The van der Waals surface area contributed by atoms with Crippen LogP contribution in [-0.4, -0.2) is 44.2 Å². The van der Waals surface area contributed by atoms with Crippen LogP contribution < -0.4 is 5.73 Å². The van der Waals surface area contributed by atoms with Gasteiger partial charge in [0.2, 0.25) is 0 Å². The van der Waals surface area contributed by atoms with Gasteiger partial charge in [-0.15, -0.1) is 0 Å². The molecule has 0 fully saturated rings. The quantitative estimate of drug-likeness (QED) is 0.737. The van der Waals surface area contributed by atoms with Gasteiger partial charge in [0.05, 0.1) is 7.11 Å². The number of hydrogen-bond acceptors (Lipinski definition) is 4. The van der Waals surface area contributed by atoms with Crippen molar-refractivity contribution in [2.45, 2.75) is 12.5 Å². The third-order valence-electron chi connectivity index (χ3n) is 2.82. The van der Waals surface area contributed by atoms with Crippen LogP contribution in [0.15, 0.2) is 30.3 Å². The molecule has 0 saturated heterocycles. The largest absolute Gasteiger partial charge is 0.468 e. The number of carbonyl (C=O) groups is 1. The van der Waals surface area contributed by atoms with E-state index in [2.05, 4.69) is 12.1 Å². The van der Waals surface area contributed by atoms with Crippen molar-refractivity contribution in [3.63, 3.8) is 0 Å².